The van der Waals surface area contributed by atoms with Crippen molar-refractivity contribution in [2.45, 2.75) is 31.5 Å². The maximum Gasteiger partial charge on any atom is 0.269 e. The maximum atomic E-state index is 12.2. The van der Waals surface area contributed by atoms with Crippen LogP contribution in [0.4, 0.5) is 5.13 Å². The number of morpholine rings is 1. The first kappa shape index (κ1) is 20.2. The van der Waals surface area contributed by atoms with Crippen LogP contribution in [0, 0.1) is 5.41 Å². The zero-order valence-corrected chi connectivity index (χ0v) is 16.4. The fourth-order valence-corrected chi connectivity index (χ4v) is 4.06. The number of aromatic nitrogens is 2. The van der Waals surface area contributed by atoms with E-state index in [0.29, 0.717) is 13.0 Å². The molecule has 0 bridgehead atoms. The highest BCUT2D eigenvalue weighted by Crippen LogP contribution is 2.22. The van der Waals surface area contributed by atoms with E-state index in [4.69, 9.17) is 4.74 Å². The summed E-state index contributed by atoms with van der Waals surface area (Å²) in [5.74, 6) is -0.244. The molecule has 2 heterocycles. The lowest BCUT2D eigenvalue weighted by Crippen LogP contribution is -2.38. The Balaban J connectivity index is 1.82. The van der Waals surface area contributed by atoms with Crippen molar-refractivity contribution < 1.29 is 17.9 Å². The summed E-state index contributed by atoms with van der Waals surface area (Å²) in [7, 11) is -3.71. The Morgan fingerprint density at radius 2 is 1.96 bits per heavy atom. The van der Waals surface area contributed by atoms with Crippen LogP contribution in [-0.2, 0) is 19.6 Å². The number of ether oxygens (including phenoxy) is 1. The Hall–Kier alpha value is -1.14. The van der Waals surface area contributed by atoms with Gasteiger partial charge in [-0.25, -0.2) is 13.1 Å². The van der Waals surface area contributed by atoms with Crippen molar-refractivity contribution in [3.05, 3.63) is 0 Å². The molecule has 0 atom stereocenters. The number of nitrogens with zero attached hydrogens (tertiary/aromatic N) is 3. The summed E-state index contributed by atoms with van der Waals surface area (Å²) in [6.45, 7) is 9.61. The van der Waals surface area contributed by atoms with Gasteiger partial charge in [-0.15, -0.1) is 10.2 Å². The average Bonchev–Trinajstić information content (AvgIpc) is 3.01. The van der Waals surface area contributed by atoms with Gasteiger partial charge < -0.3 is 10.1 Å². The number of hydrogen-bond donors (Lipinski definition) is 2. The van der Waals surface area contributed by atoms with Crippen molar-refractivity contribution >= 4 is 32.4 Å². The van der Waals surface area contributed by atoms with Crippen LogP contribution in [0.1, 0.15) is 27.2 Å². The molecule has 142 valence electrons. The van der Waals surface area contributed by atoms with Gasteiger partial charge in [-0.3, -0.25) is 9.69 Å². The number of carbonyl (C=O) groups is 1. The van der Waals surface area contributed by atoms with E-state index in [0.717, 1.165) is 44.2 Å². The normalized spacial score (nSPS) is 16.8. The molecular weight excluding hydrogens is 366 g/mol. The van der Waals surface area contributed by atoms with Crippen LogP contribution < -0.4 is 10.0 Å². The Morgan fingerprint density at radius 3 is 2.60 bits per heavy atom. The lowest BCUT2D eigenvalue weighted by atomic mass is 9.96. The van der Waals surface area contributed by atoms with Gasteiger partial charge in [-0.05, 0) is 13.0 Å². The van der Waals surface area contributed by atoms with Crippen LogP contribution >= 0.6 is 11.3 Å². The standard InChI is InChI=1S/C14H25N5O4S2/c1-14(2,3)11(20)16-12-17-18-13(24-12)25(21,22)15-5-4-6-19-7-9-23-10-8-19/h15H,4-10H2,1-3H3,(H,16,17,20). The molecule has 0 aliphatic carbocycles. The van der Waals surface area contributed by atoms with E-state index in [1.54, 1.807) is 20.8 Å². The summed E-state index contributed by atoms with van der Waals surface area (Å²) >= 11 is 0.839. The number of rotatable bonds is 7. The van der Waals surface area contributed by atoms with Gasteiger partial charge in [-0.1, -0.05) is 32.1 Å². The topological polar surface area (TPSA) is 114 Å². The van der Waals surface area contributed by atoms with Gasteiger partial charge in [0.1, 0.15) is 0 Å². The summed E-state index contributed by atoms with van der Waals surface area (Å²) < 4.78 is 32.1. The summed E-state index contributed by atoms with van der Waals surface area (Å²) in [4.78, 5) is 14.1. The Labute approximate surface area is 152 Å². The van der Waals surface area contributed by atoms with Crippen molar-refractivity contribution in [2.24, 2.45) is 5.41 Å². The number of sulfonamides is 1. The van der Waals surface area contributed by atoms with Gasteiger partial charge in [-0.2, -0.15) is 0 Å². The number of carbonyl (C=O) groups excluding carboxylic acids is 1. The van der Waals surface area contributed by atoms with Crippen LogP contribution in [0.2, 0.25) is 0 Å². The molecule has 0 radical (unpaired) electrons. The first-order valence-electron chi connectivity index (χ1n) is 8.13. The molecule has 11 heteroatoms. The molecule has 0 aromatic carbocycles. The van der Waals surface area contributed by atoms with E-state index in [2.05, 4.69) is 25.1 Å². The molecule has 1 fully saturated rings. The molecule has 1 aliphatic heterocycles. The van der Waals surface area contributed by atoms with Crippen molar-refractivity contribution in [2.75, 3.05) is 44.7 Å². The third-order valence-electron chi connectivity index (χ3n) is 3.58. The van der Waals surface area contributed by atoms with Crippen molar-refractivity contribution in [1.82, 2.24) is 19.8 Å². The number of amides is 1. The van der Waals surface area contributed by atoms with Crippen molar-refractivity contribution in [3.8, 4) is 0 Å². The van der Waals surface area contributed by atoms with Crippen molar-refractivity contribution in [1.29, 1.82) is 0 Å². The molecule has 0 saturated carbocycles. The fraction of sp³-hybridized carbons (Fsp3) is 0.786. The van der Waals surface area contributed by atoms with E-state index in [1.807, 2.05) is 0 Å². The smallest absolute Gasteiger partial charge is 0.269 e. The first-order valence-corrected chi connectivity index (χ1v) is 10.4. The van der Waals surface area contributed by atoms with E-state index >= 15 is 0 Å². The van der Waals surface area contributed by atoms with Crippen molar-refractivity contribution in [3.63, 3.8) is 0 Å². The van der Waals surface area contributed by atoms with Crippen LogP contribution in [0.5, 0.6) is 0 Å². The zero-order chi connectivity index (χ0) is 18.5. The van der Waals surface area contributed by atoms with Gasteiger partial charge in [0.25, 0.3) is 10.0 Å². The van der Waals surface area contributed by atoms with E-state index in [-0.39, 0.29) is 15.4 Å². The predicted molar refractivity (Wildman–Crippen MR) is 95.1 cm³/mol. The molecular formula is C14H25N5O4S2. The molecule has 1 amide bonds. The van der Waals surface area contributed by atoms with E-state index in [9.17, 15) is 13.2 Å². The molecule has 1 aromatic rings. The SMILES string of the molecule is CC(C)(C)C(=O)Nc1nnc(S(=O)(=O)NCCCN2CCOCC2)s1. The van der Waals surface area contributed by atoms with Crippen LogP contribution in [0.3, 0.4) is 0 Å². The second-order valence-electron chi connectivity index (χ2n) is 6.78. The highest BCUT2D eigenvalue weighted by molar-refractivity contribution is 7.91. The maximum absolute atomic E-state index is 12.2. The molecule has 9 nitrogen and oxygen atoms in total. The minimum atomic E-state index is -3.71. The van der Waals surface area contributed by atoms with Crippen LogP contribution in [-0.4, -0.2) is 68.8 Å². The molecule has 1 aromatic heterocycles. The van der Waals surface area contributed by atoms with Gasteiger partial charge in [0, 0.05) is 25.0 Å². The van der Waals surface area contributed by atoms with Gasteiger partial charge in [0.2, 0.25) is 15.4 Å². The van der Waals surface area contributed by atoms with Gasteiger partial charge in [0.15, 0.2) is 0 Å². The number of anilines is 1. The second-order valence-corrected chi connectivity index (χ2v) is 9.70. The van der Waals surface area contributed by atoms with E-state index < -0.39 is 15.4 Å². The van der Waals surface area contributed by atoms with Crippen LogP contribution in [0.15, 0.2) is 4.34 Å². The molecule has 25 heavy (non-hydrogen) atoms. The highest BCUT2D eigenvalue weighted by Gasteiger charge is 2.25. The Morgan fingerprint density at radius 1 is 1.28 bits per heavy atom. The Kier molecular flexibility index (Phi) is 6.86. The molecule has 2 rings (SSSR count). The third-order valence-corrected chi connectivity index (χ3v) is 6.25. The monoisotopic (exact) mass is 391 g/mol. The fourth-order valence-electron chi connectivity index (χ4n) is 2.05. The van der Waals surface area contributed by atoms with Gasteiger partial charge >= 0.3 is 0 Å². The number of nitrogens with one attached hydrogen (secondary N) is 2. The van der Waals surface area contributed by atoms with Crippen LogP contribution in [0.25, 0.3) is 0 Å². The summed E-state index contributed by atoms with van der Waals surface area (Å²) in [6.07, 6.45) is 0.700. The zero-order valence-electron chi connectivity index (χ0n) is 14.7. The lowest BCUT2D eigenvalue weighted by Gasteiger charge is -2.26. The van der Waals surface area contributed by atoms with Gasteiger partial charge in [0.05, 0.1) is 13.2 Å². The largest absolute Gasteiger partial charge is 0.379 e. The molecule has 1 aliphatic rings. The Bertz CT molecular complexity index is 678. The summed E-state index contributed by atoms with van der Waals surface area (Å²) in [5, 5.41) is 10.2. The first-order chi connectivity index (χ1) is 11.7. The minimum absolute atomic E-state index is 0.150. The number of hydrogen-bond acceptors (Lipinski definition) is 8. The van der Waals surface area contributed by atoms with E-state index in [1.165, 1.54) is 0 Å². The third kappa shape index (κ3) is 6.26. The summed E-state index contributed by atoms with van der Waals surface area (Å²) in [5.41, 5.74) is -0.595. The molecule has 0 unspecified atom stereocenters. The molecule has 0 spiro atoms. The molecule has 2 N–H and O–H groups in total. The summed E-state index contributed by atoms with van der Waals surface area (Å²) in [6, 6.07) is 0. The lowest BCUT2D eigenvalue weighted by molar-refractivity contribution is -0.123. The second kappa shape index (κ2) is 8.49. The average molecular weight is 392 g/mol. The highest BCUT2D eigenvalue weighted by atomic mass is 32.2. The predicted octanol–water partition coefficient (Wildman–Crippen LogP) is 0.523. The quantitative estimate of drug-likeness (QED) is 0.515. The minimum Gasteiger partial charge on any atom is -0.379 e. The molecule has 1 saturated heterocycles.